The van der Waals surface area contributed by atoms with Gasteiger partial charge in [0.1, 0.15) is 5.65 Å². The second-order valence-corrected chi connectivity index (χ2v) is 7.54. The highest BCUT2D eigenvalue weighted by atomic mass is 15.0. The lowest BCUT2D eigenvalue weighted by molar-refractivity contribution is 1.23. The van der Waals surface area contributed by atoms with Gasteiger partial charge in [-0.3, -0.25) is 4.40 Å². The first kappa shape index (κ1) is 16.1. The predicted molar refractivity (Wildman–Crippen MR) is 115 cm³/mol. The van der Waals surface area contributed by atoms with Crippen LogP contribution in [-0.2, 0) is 0 Å². The minimum absolute atomic E-state index is 1.04. The molecule has 0 saturated carbocycles. The summed E-state index contributed by atoms with van der Waals surface area (Å²) in [5.41, 5.74) is 9.68. The summed E-state index contributed by atoms with van der Waals surface area (Å²) in [5, 5.41) is 3.75. The van der Waals surface area contributed by atoms with Gasteiger partial charge >= 0.3 is 0 Å². The number of fused-ring (bicyclic) bond motifs is 6. The topological polar surface area (TPSA) is 17.3 Å². The molecule has 27 heavy (non-hydrogen) atoms. The molecule has 0 N–H and O–H groups in total. The Morgan fingerprint density at radius 1 is 0.704 bits per heavy atom. The number of hydrogen-bond donors (Lipinski definition) is 0. The van der Waals surface area contributed by atoms with Gasteiger partial charge in [0.05, 0.1) is 16.9 Å². The van der Waals surface area contributed by atoms with Crippen LogP contribution in [0.4, 0.5) is 0 Å². The van der Waals surface area contributed by atoms with Crippen molar-refractivity contribution in [1.82, 2.24) is 9.38 Å². The van der Waals surface area contributed by atoms with Gasteiger partial charge in [0.15, 0.2) is 0 Å². The Balaban J connectivity index is 2.10. The molecule has 0 radical (unpaired) electrons. The fraction of sp³-hybridized carbons (Fsp3) is 0.160. The van der Waals surface area contributed by atoms with Crippen LogP contribution >= 0.6 is 0 Å². The van der Waals surface area contributed by atoms with Crippen molar-refractivity contribution in [2.45, 2.75) is 27.7 Å². The van der Waals surface area contributed by atoms with E-state index in [-0.39, 0.29) is 0 Å². The number of rotatable bonds is 1. The van der Waals surface area contributed by atoms with E-state index in [4.69, 9.17) is 4.98 Å². The van der Waals surface area contributed by atoms with Crippen molar-refractivity contribution in [2.24, 2.45) is 0 Å². The summed E-state index contributed by atoms with van der Waals surface area (Å²) in [6.45, 7) is 8.66. The molecule has 0 aliphatic rings. The van der Waals surface area contributed by atoms with Crippen LogP contribution in [0.15, 0.2) is 60.7 Å². The highest BCUT2D eigenvalue weighted by molar-refractivity contribution is 6.12. The maximum Gasteiger partial charge on any atom is 0.145 e. The Kier molecular flexibility index (Phi) is 3.38. The molecule has 3 aromatic carbocycles. The van der Waals surface area contributed by atoms with E-state index < -0.39 is 0 Å². The molecule has 2 heterocycles. The summed E-state index contributed by atoms with van der Waals surface area (Å²) in [6, 6.07) is 21.8. The van der Waals surface area contributed by atoms with E-state index in [0.29, 0.717) is 0 Å². The molecule has 0 unspecified atom stereocenters. The first-order chi connectivity index (χ1) is 13.1. The summed E-state index contributed by atoms with van der Waals surface area (Å²) < 4.78 is 2.36. The average molecular weight is 350 g/mol. The molecule has 0 spiro atoms. The van der Waals surface area contributed by atoms with Crippen molar-refractivity contribution in [2.75, 3.05) is 0 Å². The lowest BCUT2D eigenvalue weighted by Crippen LogP contribution is -1.97. The summed E-state index contributed by atoms with van der Waals surface area (Å²) in [6.07, 6.45) is 0. The minimum Gasteiger partial charge on any atom is -0.291 e. The summed E-state index contributed by atoms with van der Waals surface area (Å²) >= 11 is 0. The quantitative estimate of drug-likeness (QED) is 0.314. The van der Waals surface area contributed by atoms with E-state index in [1.165, 1.54) is 49.6 Å². The van der Waals surface area contributed by atoms with E-state index >= 15 is 0 Å². The van der Waals surface area contributed by atoms with Gasteiger partial charge in [-0.2, -0.15) is 0 Å². The van der Waals surface area contributed by atoms with Crippen LogP contribution in [0.3, 0.4) is 0 Å². The van der Waals surface area contributed by atoms with Crippen LogP contribution in [0.1, 0.15) is 22.4 Å². The fourth-order valence-electron chi connectivity index (χ4n) is 4.40. The van der Waals surface area contributed by atoms with Crippen molar-refractivity contribution in [3.05, 3.63) is 83.0 Å². The molecule has 0 saturated heterocycles. The van der Waals surface area contributed by atoms with Gasteiger partial charge in [-0.25, -0.2) is 4.98 Å². The Morgan fingerprint density at radius 3 is 2.15 bits per heavy atom. The summed E-state index contributed by atoms with van der Waals surface area (Å²) in [4.78, 5) is 5.04. The van der Waals surface area contributed by atoms with Crippen molar-refractivity contribution in [3.8, 4) is 11.3 Å². The number of imidazole rings is 1. The van der Waals surface area contributed by atoms with Crippen LogP contribution < -0.4 is 0 Å². The van der Waals surface area contributed by atoms with Gasteiger partial charge in [-0.15, -0.1) is 0 Å². The van der Waals surface area contributed by atoms with Crippen molar-refractivity contribution in [1.29, 1.82) is 0 Å². The highest BCUT2D eigenvalue weighted by Gasteiger charge is 2.19. The Bertz CT molecular complexity index is 1340. The first-order valence-electron chi connectivity index (χ1n) is 9.43. The molecule has 2 nitrogen and oxygen atoms in total. The monoisotopic (exact) mass is 350 g/mol. The number of benzene rings is 3. The molecule has 0 aliphatic carbocycles. The standard InChI is InChI=1S/C25H22N2/c1-15-12-13-22-21(14-15)19-10-5-6-11-20(19)25-26-18(4)24(27(22)25)23-16(2)8-7-9-17(23)3/h5-14H,1-4H3. The Hall–Kier alpha value is -3.13. The summed E-state index contributed by atoms with van der Waals surface area (Å²) in [5.74, 6) is 0. The Morgan fingerprint density at radius 2 is 1.41 bits per heavy atom. The van der Waals surface area contributed by atoms with E-state index in [1.54, 1.807) is 0 Å². The molecule has 0 bridgehead atoms. The van der Waals surface area contributed by atoms with Crippen LogP contribution in [0.5, 0.6) is 0 Å². The molecule has 2 heteroatoms. The van der Waals surface area contributed by atoms with E-state index in [1.807, 2.05) is 0 Å². The lowest BCUT2D eigenvalue weighted by atomic mass is 9.98. The minimum atomic E-state index is 1.04. The van der Waals surface area contributed by atoms with Crippen LogP contribution in [0, 0.1) is 27.7 Å². The zero-order valence-electron chi connectivity index (χ0n) is 16.2. The van der Waals surface area contributed by atoms with Crippen LogP contribution in [0.25, 0.3) is 38.6 Å². The van der Waals surface area contributed by atoms with Gasteiger partial charge < -0.3 is 0 Å². The third-order valence-electron chi connectivity index (χ3n) is 5.62. The Labute approximate surface area is 159 Å². The van der Waals surface area contributed by atoms with Gasteiger partial charge in [0, 0.05) is 16.3 Å². The summed E-state index contributed by atoms with van der Waals surface area (Å²) in [7, 11) is 0. The van der Waals surface area contributed by atoms with Gasteiger partial charge in [-0.1, -0.05) is 54.1 Å². The molecule has 0 fully saturated rings. The molecular formula is C25H22N2. The maximum absolute atomic E-state index is 5.04. The average Bonchev–Trinajstić information content (AvgIpc) is 2.99. The number of aromatic nitrogens is 2. The van der Waals surface area contributed by atoms with Crippen molar-refractivity contribution in [3.63, 3.8) is 0 Å². The first-order valence-corrected chi connectivity index (χ1v) is 9.43. The lowest BCUT2D eigenvalue weighted by Gasteiger charge is -2.14. The van der Waals surface area contributed by atoms with Crippen LogP contribution in [-0.4, -0.2) is 9.38 Å². The zero-order chi connectivity index (χ0) is 18.7. The third kappa shape index (κ3) is 2.23. The van der Waals surface area contributed by atoms with Crippen molar-refractivity contribution >= 4 is 27.3 Å². The maximum atomic E-state index is 5.04. The van der Waals surface area contributed by atoms with Crippen LogP contribution in [0.2, 0.25) is 0 Å². The van der Waals surface area contributed by atoms with E-state index in [2.05, 4.69) is 92.8 Å². The number of nitrogens with zero attached hydrogens (tertiary/aromatic N) is 2. The third-order valence-corrected chi connectivity index (χ3v) is 5.62. The van der Waals surface area contributed by atoms with Gasteiger partial charge in [0.2, 0.25) is 0 Å². The van der Waals surface area contributed by atoms with Gasteiger partial charge in [0.25, 0.3) is 0 Å². The van der Waals surface area contributed by atoms with E-state index in [0.717, 1.165) is 11.3 Å². The smallest absolute Gasteiger partial charge is 0.145 e. The molecule has 132 valence electrons. The highest BCUT2D eigenvalue weighted by Crippen LogP contribution is 2.37. The number of hydrogen-bond acceptors (Lipinski definition) is 1. The molecule has 5 rings (SSSR count). The molecule has 0 atom stereocenters. The second-order valence-electron chi connectivity index (χ2n) is 7.54. The zero-order valence-corrected chi connectivity index (χ0v) is 16.2. The molecule has 0 amide bonds. The molecular weight excluding hydrogens is 328 g/mol. The number of pyridine rings is 1. The second kappa shape index (κ2) is 5.68. The molecule has 2 aromatic heterocycles. The predicted octanol–water partition coefficient (Wildman–Crippen LogP) is 6.54. The van der Waals surface area contributed by atoms with E-state index in [9.17, 15) is 0 Å². The normalized spacial score (nSPS) is 11.7. The van der Waals surface area contributed by atoms with Crippen molar-refractivity contribution < 1.29 is 0 Å². The largest absolute Gasteiger partial charge is 0.291 e. The molecule has 0 aliphatic heterocycles. The molecule has 5 aromatic rings. The number of aryl methyl sites for hydroxylation is 4. The van der Waals surface area contributed by atoms with Gasteiger partial charge in [-0.05, 0) is 56.3 Å². The fourth-order valence-corrected chi connectivity index (χ4v) is 4.40. The SMILES string of the molecule is Cc1ccc2c(c1)c1ccccc1c1nc(C)c(-c3c(C)cccc3C)n21.